The second-order valence-electron chi connectivity index (χ2n) is 11.6. The number of hydrogen-bond donors (Lipinski definition) is 2. The van der Waals surface area contributed by atoms with Gasteiger partial charge in [0, 0.05) is 41.7 Å². The molecule has 1 aliphatic heterocycles. The Morgan fingerprint density at radius 2 is 1.95 bits per heavy atom. The summed E-state index contributed by atoms with van der Waals surface area (Å²) in [6.07, 6.45) is 4.93. The van der Waals surface area contributed by atoms with Crippen LogP contribution in [0.1, 0.15) is 76.0 Å². The smallest absolute Gasteiger partial charge is 0.331 e. The van der Waals surface area contributed by atoms with Crippen LogP contribution in [0.15, 0.2) is 34.6 Å². The average molecular weight is 554 g/mol. The lowest BCUT2D eigenvalue weighted by Crippen LogP contribution is -2.40. The van der Waals surface area contributed by atoms with Crippen LogP contribution in [0, 0.1) is 0 Å². The maximum atomic E-state index is 13.6. The van der Waals surface area contributed by atoms with Gasteiger partial charge in [0.15, 0.2) is 5.13 Å². The quantitative estimate of drug-likeness (QED) is 0.359. The number of thiazole rings is 1. The van der Waals surface area contributed by atoms with Crippen molar-refractivity contribution in [1.82, 2.24) is 14.4 Å². The highest BCUT2D eigenvalue weighted by atomic mass is 32.1. The number of hydrogen-bond acceptors (Lipinski definition) is 9. The number of nitrogens with one attached hydrogen (secondary N) is 1. The number of fused-ring (bicyclic) bond motifs is 1. The summed E-state index contributed by atoms with van der Waals surface area (Å²) in [4.78, 5) is 50.0. The second-order valence-corrected chi connectivity index (χ2v) is 12.5. The van der Waals surface area contributed by atoms with Gasteiger partial charge in [-0.25, -0.2) is 14.8 Å². The Balaban J connectivity index is 1.71. The minimum Gasteiger partial charge on any atom is -0.457 e. The molecule has 0 unspecified atom stereocenters. The number of aliphatic hydroxyl groups is 1. The number of carbonyl (C=O) groups is 2. The molecule has 1 amide bonds. The van der Waals surface area contributed by atoms with Crippen molar-refractivity contribution in [2.45, 2.75) is 71.5 Å². The number of piperidine rings is 1. The summed E-state index contributed by atoms with van der Waals surface area (Å²) >= 11 is 1.35. The van der Waals surface area contributed by atoms with Gasteiger partial charge in [0.25, 0.3) is 11.5 Å². The Labute approximate surface area is 231 Å². The molecule has 0 spiro atoms. The molecule has 208 valence electrons. The zero-order chi connectivity index (χ0) is 28.5. The van der Waals surface area contributed by atoms with Crippen LogP contribution in [0.25, 0.3) is 11.7 Å². The molecule has 3 aromatic rings. The highest BCUT2D eigenvalue weighted by molar-refractivity contribution is 7.14. The highest BCUT2D eigenvalue weighted by Crippen LogP contribution is 2.27. The Morgan fingerprint density at radius 1 is 1.21 bits per heavy atom. The predicted octanol–water partition coefficient (Wildman–Crippen LogP) is 4.02. The van der Waals surface area contributed by atoms with E-state index in [0.717, 1.165) is 12.1 Å². The van der Waals surface area contributed by atoms with Crippen molar-refractivity contribution in [3.05, 3.63) is 57.0 Å². The van der Waals surface area contributed by atoms with Gasteiger partial charge in [-0.15, -0.1) is 11.3 Å². The molecule has 11 heteroatoms. The fourth-order valence-corrected chi connectivity index (χ4v) is 5.08. The summed E-state index contributed by atoms with van der Waals surface area (Å²) in [7, 11) is 0. The van der Waals surface area contributed by atoms with E-state index in [1.165, 1.54) is 40.2 Å². The average Bonchev–Trinajstić information content (AvgIpc) is 3.31. The Bertz CT molecular complexity index is 1480. The van der Waals surface area contributed by atoms with Crippen LogP contribution in [-0.4, -0.2) is 56.1 Å². The first-order valence-corrected chi connectivity index (χ1v) is 13.8. The lowest BCUT2D eigenvalue weighted by atomic mass is 9.93. The van der Waals surface area contributed by atoms with Crippen molar-refractivity contribution >= 4 is 45.9 Å². The van der Waals surface area contributed by atoms with E-state index in [4.69, 9.17) is 9.72 Å². The molecule has 4 heterocycles. The van der Waals surface area contributed by atoms with Crippen molar-refractivity contribution in [3.8, 4) is 0 Å². The SMILES string of the molecule is CC(C)(C)OC(=O)C=Cc1c(N2CCC[C@H](O)C2)nc2cc(C(=O)Nc3nc(C(C)(C)C)cs3)ccn2c1=O. The van der Waals surface area contributed by atoms with Crippen molar-refractivity contribution < 1.29 is 19.4 Å². The van der Waals surface area contributed by atoms with Gasteiger partial charge in [-0.1, -0.05) is 20.8 Å². The van der Waals surface area contributed by atoms with Crippen LogP contribution < -0.4 is 15.8 Å². The van der Waals surface area contributed by atoms with Crippen molar-refractivity contribution in [2.75, 3.05) is 23.3 Å². The Kier molecular flexibility index (Phi) is 7.94. The van der Waals surface area contributed by atoms with Gasteiger partial charge in [0.2, 0.25) is 0 Å². The van der Waals surface area contributed by atoms with Gasteiger partial charge in [-0.2, -0.15) is 0 Å². The summed E-state index contributed by atoms with van der Waals surface area (Å²) in [6.45, 7) is 12.3. The number of rotatable bonds is 5. The van der Waals surface area contributed by atoms with Gasteiger partial charge >= 0.3 is 5.97 Å². The fraction of sp³-hybridized carbons (Fsp3) is 0.464. The van der Waals surface area contributed by atoms with E-state index >= 15 is 0 Å². The molecule has 0 aliphatic carbocycles. The second kappa shape index (κ2) is 10.9. The number of pyridine rings is 1. The van der Waals surface area contributed by atoms with E-state index < -0.39 is 23.2 Å². The number of β-amino-alcohol motifs (C(OH)–C–C–N with tert-alkyl or cyclic N) is 1. The third kappa shape index (κ3) is 6.90. The molecule has 0 bridgehead atoms. The van der Waals surface area contributed by atoms with E-state index in [-0.39, 0.29) is 22.5 Å². The van der Waals surface area contributed by atoms with Crippen LogP contribution in [0.5, 0.6) is 0 Å². The molecule has 2 N–H and O–H groups in total. The van der Waals surface area contributed by atoms with Crippen molar-refractivity contribution in [2.24, 2.45) is 0 Å². The zero-order valence-corrected chi connectivity index (χ0v) is 24.0. The molecule has 1 fully saturated rings. The molecule has 39 heavy (non-hydrogen) atoms. The summed E-state index contributed by atoms with van der Waals surface area (Å²) in [5.74, 6) is -0.614. The van der Waals surface area contributed by atoms with E-state index in [2.05, 4.69) is 31.1 Å². The van der Waals surface area contributed by atoms with Gasteiger partial charge in [-0.05, 0) is 51.8 Å². The van der Waals surface area contributed by atoms with E-state index in [1.54, 1.807) is 26.8 Å². The first kappa shape index (κ1) is 28.4. The first-order valence-electron chi connectivity index (χ1n) is 12.9. The standard InChI is InChI=1S/C28H35N5O5S/c1-27(2,3)20-16-39-26(29-20)31-24(36)17-11-13-33-21(14-17)30-23(32-12-7-8-18(34)15-32)19(25(33)37)9-10-22(35)38-28(4,5)6/h9-11,13-14,16,18,34H,7-8,12,15H2,1-6H3,(H,29,31,36)/t18-/m0/s1. The number of aromatic nitrogens is 3. The van der Waals surface area contributed by atoms with Crippen LogP contribution in [0.2, 0.25) is 0 Å². The fourth-order valence-electron chi connectivity index (χ4n) is 4.15. The lowest BCUT2D eigenvalue weighted by molar-refractivity contribution is -0.148. The normalized spacial score (nSPS) is 16.6. The third-order valence-corrected chi connectivity index (χ3v) is 6.85. The molecule has 10 nitrogen and oxygen atoms in total. The molecule has 1 aliphatic rings. The largest absolute Gasteiger partial charge is 0.457 e. The van der Waals surface area contributed by atoms with E-state index in [9.17, 15) is 19.5 Å². The van der Waals surface area contributed by atoms with Gasteiger partial charge < -0.3 is 14.7 Å². The third-order valence-electron chi connectivity index (χ3n) is 6.09. The van der Waals surface area contributed by atoms with Gasteiger partial charge in [0.1, 0.15) is 17.1 Å². The molecule has 1 atom stereocenters. The van der Waals surface area contributed by atoms with Crippen molar-refractivity contribution in [1.29, 1.82) is 0 Å². The first-order chi connectivity index (χ1) is 18.2. The maximum Gasteiger partial charge on any atom is 0.331 e. The monoisotopic (exact) mass is 553 g/mol. The highest BCUT2D eigenvalue weighted by Gasteiger charge is 2.24. The molecule has 4 rings (SSSR count). The summed E-state index contributed by atoms with van der Waals surface area (Å²) in [5.41, 5.74) is 0.444. The van der Waals surface area contributed by atoms with Gasteiger partial charge in [0.05, 0.1) is 17.4 Å². The Hall–Kier alpha value is -3.57. The summed E-state index contributed by atoms with van der Waals surface area (Å²) < 4.78 is 6.67. The maximum absolute atomic E-state index is 13.6. The van der Waals surface area contributed by atoms with Crippen molar-refractivity contribution in [3.63, 3.8) is 0 Å². The van der Waals surface area contributed by atoms with Crippen LogP contribution in [-0.2, 0) is 14.9 Å². The van der Waals surface area contributed by atoms with Gasteiger partial charge in [-0.3, -0.25) is 19.3 Å². The molecule has 0 aromatic carbocycles. The van der Waals surface area contributed by atoms with E-state index in [1.807, 2.05) is 10.3 Å². The predicted molar refractivity (Wildman–Crippen MR) is 153 cm³/mol. The zero-order valence-electron chi connectivity index (χ0n) is 23.1. The molecular weight excluding hydrogens is 518 g/mol. The summed E-state index contributed by atoms with van der Waals surface area (Å²) in [6, 6.07) is 3.08. The lowest BCUT2D eigenvalue weighted by Gasteiger charge is -2.32. The summed E-state index contributed by atoms with van der Waals surface area (Å²) in [5, 5.41) is 15.5. The number of aliphatic hydroxyl groups excluding tert-OH is 1. The Morgan fingerprint density at radius 3 is 2.59 bits per heavy atom. The number of ether oxygens (including phenoxy) is 1. The number of anilines is 2. The minimum atomic E-state index is -0.679. The van der Waals surface area contributed by atoms with E-state index in [0.29, 0.717) is 36.0 Å². The number of nitrogens with zero attached hydrogens (tertiary/aromatic N) is 4. The molecule has 0 saturated carbocycles. The van der Waals surface area contributed by atoms with Crippen LogP contribution in [0.3, 0.4) is 0 Å². The molecule has 1 saturated heterocycles. The molecule has 0 radical (unpaired) electrons. The number of esters is 1. The number of carbonyl (C=O) groups excluding carboxylic acids is 2. The van der Waals surface area contributed by atoms with Crippen LogP contribution >= 0.6 is 11.3 Å². The van der Waals surface area contributed by atoms with Crippen LogP contribution in [0.4, 0.5) is 10.9 Å². The minimum absolute atomic E-state index is 0.137. The topological polar surface area (TPSA) is 126 Å². The molecule has 3 aromatic heterocycles. The molecular formula is C28H35N5O5S. The number of amides is 1.